The summed E-state index contributed by atoms with van der Waals surface area (Å²) in [6.45, 7) is 10.8. The number of aryl methyl sites for hydroxylation is 2. The molecule has 6 heteroatoms. The number of amides is 2. The van der Waals surface area contributed by atoms with E-state index in [1.165, 1.54) is 5.56 Å². The number of nitrogens with zero attached hydrogens (tertiary/aromatic N) is 4. The molecule has 0 aliphatic heterocycles. The van der Waals surface area contributed by atoms with Gasteiger partial charge in [0.2, 0.25) is 0 Å². The Morgan fingerprint density at radius 2 is 2.04 bits per heavy atom. The molecule has 1 aromatic rings. The molecular weight excluding hydrogens is 302 g/mol. The molecule has 136 valence electrons. The van der Waals surface area contributed by atoms with Gasteiger partial charge in [-0.25, -0.2) is 4.79 Å². The van der Waals surface area contributed by atoms with Crippen LogP contribution in [0.25, 0.3) is 0 Å². The second-order valence-electron chi connectivity index (χ2n) is 6.95. The first-order chi connectivity index (χ1) is 11.4. The Morgan fingerprint density at radius 3 is 2.50 bits per heavy atom. The summed E-state index contributed by atoms with van der Waals surface area (Å²) in [6, 6.07) is 0.831. The molecule has 1 aliphatic carbocycles. The quantitative estimate of drug-likeness (QED) is 0.794. The Balaban J connectivity index is 2.01. The second kappa shape index (κ2) is 8.01. The minimum atomic E-state index is 0.0584. The van der Waals surface area contributed by atoms with E-state index in [1.807, 2.05) is 23.6 Å². The number of hydrogen-bond acceptors (Lipinski definition) is 3. The summed E-state index contributed by atoms with van der Waals surface area (Å²) < 4.78 is 1.90. The average Bonchev–Trinajstić information content (AvgIpc) is 3.36. The number of carbonyl (C=O) groups excluding carboxylic acids is 1. The molecule has 2 amide bonds. The second-order valence-corrected chi connectivity index (χ2v) is 6.95. The smallest absolute Gasteiger partial charge is 0.318 e. The Labute approximate surface area is 146 Å². The predicted octanol–water partition coefficient (Wildman–Crippen LogP) is 2.44. The number of hydrogen-bond donors (Lipinski definition) is 1. The van der Waals surface area contributed by atoms with Crippen LogP contribution in [-0.4, -0.2) is 57.8 Å². The molecule has 0 radical (unpaired) electrons. The lowest BCUT2D eigenvalue weighted by Gasteiger charge is -2.28. The molecule has 24 heavy (non-hydrogen) atoms. The number of aromatic nitrogens is 2. The minimum absolute atomic E-state index is 0.0584. The van der Waals surface area contributed by atoms with Crippen molar-refractivity contribution in [1.82, 2.24) is 24.9 Å². The largest absolute Gasteiger partial charge is 0.336 e. The Morgan fingerprint density at radius 1 is 1.38 bits per heavy atom. The summed E-state index contributed by atoms with van der Waals surface area (Å²) in [5.41, 5.74) is 3.34. The van der Waals surface area contributed by atoms with E-state index >= 15 is 0 Å². The van der Waals surface area contributed by atoms with E-state index in [2.05, 4.69) is 43.1 Å². The summed E-state index contributed by atoms with van der Waals surface area (Å²) in [4.78, 5) is 17.0. The van der Waals surface area contributed by atoms with Crippen molar-refractivity contribution in [2.24, 2.45) is 7.05 Å². The van der Waals surface area contributed by atoms with E-state index in [4.69, 9.17) is 0 Å². The van der Waals surface area contributed by atoms with Crippen LogP contribution in [0.1, 0.15) is 50.1 Å². The van der Waals surface area contributed by atoms with E-state index in [0.717, 1.165) is 37.2 Å². The van der Waals surface area contributed by atoms with Crippen LogP contribution in [0.4, 0.5) is 4.79 Å². The maximum Gasteiger partial charge on any atom is 0.318 e. The maximum atomic E-state index is 12.8. The van der Waals surface area contributed by atoms with Crippen molar-refractivity contribution >= 4 is 6.03 Å². The molecule has 1 aliphatic rings. The minimum Gasteiger partial charge on any atom is -0.336 e. The average molecular weight is 335 g/mol. The van der Waals surface area contributed by atoms with Crippen molar-refractivity contribution in [1.29, 1.82) is 0 Å². The van der Waals surface area contributed by atoms with Crippen LogP contribution in [0.2, 0.25) is 0 Å². The van der Waals surface area contributed by atoms with Crippen LogP contribution >= 0.6 is 0 Å². The molecule has 1 N–H and O–H groups in total. The van der Waals surface area contributed by atoms with Gasteiger partial charge in [-0.3, -0.25) is 4.68 Å². The first-order valence-electron chi connectivity index (χ1n) is 9.12. The van der Waals surface area contributed by atoms with E-state index < -0.39 is 0 Å². The molecule has 6 nitrogen and oxygen atoms in total. The van der Waals surface area contributed by atoms with Gasteiger partial charge in [0.05, 0.1) is 12.2 Å². The van der Waals surface area contributed by atoms with E-state index in [1.54, 1.807) is 0 Å². The molecule has 0 spiro atoms. The molecule has 1 aromatic heterocycles. The van der Waals surface area contributed by atoms with E-state index in [9.17, 15) is 4.79 Å². The third-order valence-electron chi connectivity index (χ3n) is 5.32. The van der Waals surface area contributed by atoms with Gasteiger partial charge in [0.1, 0.15) is 0 Å². The van der Waals surface area contributed by atoms with Gasteiger partial charge in [0.25, 0.3) is 0 Å². The van der Waals surface area contributed by atoms with Gasteiger partial charge in [-0.05, 0) is 46.7 Å². The lowest BCUT2D eigenvalue weighted by atomic mass is 10.2. The summed E-state index contributed by atoms with van der Waals surface area (Å²) in [5, 5.41) is 7.63. The fraction of sp³-hybridized carbons (Fsp3) is 0.778. The van der Waals surface area contributed by atoms with Crippen LogP contribution in [0, 0.1) is 13.8 Å². The molecule has 0 saturated heterocycles. The monoisotopic (exact) mass is 335 g/mol. The van der Waals surface area contributed by atoms with Crippen molar-refractivity contribution in [3.63, 3.8) is 0 Å². The number of carbonyl (C=O) groups is 1. The summed E-state index contributed by atoms with van der Waals surface area (Å²) >= 11 is 0. The molecule has 1 fully saturated rings. The summed E-state index contributed by atoms with van der Waals surface area (Å²) in [6.07, 6.45) is 3.25. The molecule has 1 atom stereocenters. The molecular formula is C18H33N5O. The summed E-state index contributed by atoms with van der Waals surface area (Å²) in [5.74, 6) is 0. The molecule has 1 saturated carbocycles. The highest BCUT2D eigenvalue weighted by atomic mass is 16.2. The first-order valence-corrected chi connectivity index (χ1v) is 9.12. The van der Waals surface area contributed by atoms with Crippen LogP contribution in [0.5, 0.6) is 0 Å². The van der Waals surface area contributed by atoms with Gasteiger partial charge in [0.15, 0.2) is 0 Å². The predicted molar refractivity (Wildman–Crippen MR) is 97.0 cm³/mol. The highest BCUT2D eigenvalue weighted by Crippen LogP contribution is 2.29. The highest BCUT2D eigenvalue weighted by Gasteiger charge is 2.33. The Hall–Kier alpha value is -1.56. The van der Waals surface area contributed by atoms with Crippen LogP contribution in [-0.2, 0) is 13.6 Å². The van der Waals surface area contributed by atoms with Crippen molar-refractivity contribution in [2.45, 2.75) is 65.6 Å². The normalized spacial score (nSPS) is 15.6. The highest BCUT2D eigenvalue weighted by molar-refractivity contribution is 5.75. The van der Waals surface area contributed by atoms with Gasteiger partial charge in [-0.15, -0.1) is 0 Å². The number of urea groups is 1. The van der Waals surface area contributed by atoms with Crippen molar-refractivity contribution < 1.29 is 4.79 Å². The van der Waals surface area contributed by atoms with Crippen LogP contribution in [0.3, 0.4) is 0 Å². The number of rotatable bonds is 8. The van der Waals surface area contributed by atoms with Crippen LogP contribution < -0.4 is 5.32 Å². The third-order valence-corrected chi connectivity index (χ3v) is 5.32. The SMILES string of the molecule is CC[C@H](CNC(=O)N(Cc1c(C)nn(C)c1C)C1CC1)N(C)CC. The molecule has 0 aromatic carbocycles. The Bertz CT molecular complexity index is 564. The summed E-state index contributed by atoms with van der Waals surface area (Å²) in [7, 11) is 4.07. The number of nitrogens with one attached hydrogen (secondary N) is 1. The topological polar surface area (TPSA) is 53.4 Å². The lowest BCUT2D eigenvalue weighted by Crippen LogP contribution is -2.47. The Kier molecular flexibility index (Phi) is 6.27. The zero-order valence-electron chi connectivity index (χ0n) is 16.1. The standard InChI is InChI=1S/C18H33N5O/c1-7-15(21(5)8-2)11-19-18(24)23(16-9-10-16)12-17-13(3)20-22(6)14(17)4/h15-16H,7-12H2,1-6H3,(H,19,24)/t15-/m1/s1. The van der Waals surface area contributed by atoms with Gasteiger partial charge in [-0.1, -0.05) is 13.8 Å². The molecule has 1 heterocycles. The molecule has 0 bridgehead atoms. The van der Waals surface area contributed by atoms with E-state index in [0.29, 0.717) is 25.2 Å². The van der Waals surface area contributed by atoms with Gasteiger partial charge < -0.3 is 15.1 Å². The maximum absolute atomic E-state index is 12.8. The number of likely N-dealkylation sites (N-methyl/N-ethyl adjacent to an activating group) is 1. The van der Waals surface area contributed by atoms with Crippen molar-refractivity contribution in [3.05, 3.63) is 17.0 Å². The zero-order valence-corrected chi connectivity index (χ0v) is 16.1. The third kappa shape index (κ3) is 4.29. The van der Waals surface area contributed by atoms with Crippen LogP contribution in [0.15, 0.2) is 0 Å². The molecule has 0 unspecified atom stereocenters. The fourth-order valence-corrected chi connectivity index (χ4v) is 3.15. The first kappa shape index (κ1) is 18.8. The molecule has 2 rings (SSSR count). The zero-order chi connectivity index (χ0) is 17.9. The van der Waals surface area contributed by atoms with Gasteiger partial charge in [0, 0.05) is 36.9 Å². The lowest BCUT2D eigenvalue weighted by molar-refractivity contribution is 0.183. The van der Waals surface area contributed by atoms with Crippen molar-refractivity contribution in [2.75, 3.05) is 20.1 Å². The van der Waals surface area contributed by atoms with E-state index in [-0.39, 0.29) is 6.03 Å². The van der Waals surface area contributed by atoms with Gasteiger partial charge >= 0.3 is 6.03 Å². The van der Waals surface area contributed by atoms with Gasteiger partial charge in [-0.2, -0.15) is 5.10 Å². The van der Waals surface area contributed by atoms with Crippen molar-refractivity contribution in [3.8, 4) is 0 Å². The fourth-order valence-electron chi connectivity index (χ4n) is 3.15.